The molecule has 2 amide bonds. The van der Waals surface area contributed by atoms with Crippen LogP contribution in [0.4, 0.5) is 0 Å². The summed E-state index contributed by atoms with van der Waals surface area (Å²) in [6, 6.07) is -0.722. The van der Waals surface area contributed by atoms with Crippen LogP contribution in [0.1, 0.15) is 51.4 Å². The molecule has 0 saturated heterocycles. The van der Waals surface area contributed by atoms with E-state index in [2.05, 4.69) is 5.32 Å². The molecule has 1 saturated carbocycles. The maximum absolute atomic E-state index is 11.7. The maximum Gasteiger partial charge on any atom is 0.260 e. The van der Waals surface area contributed by atoms with Crippen LogP contribution in [0.3, 0.4) is 0 Å². The van der Waals surface area contributed by atoms with Crippen molar-refractivity contribution >= 4 is 11.8 Å². The van der Waals surface area contributed by atoms with Gasteiger partial charge in [0.2, 0.25) is 5.91 Å². The average Bonchev–Trinajstić information content (AvgIpc) is 2.43. The predicted octanol–water partition coefficient (Wildman–Crippen LogP) is 0.686. The number of nitrogens with one attached hydrogen (secondary N) is 2. The van der Waals surface area contributed by atoms with E-state index in [1.807, 2.05) is 0 Å². The Morgan fingerprint density at radius 1 is 1.26 bits per heavy atom. The molecule has 0 bridgehead atoms. The minimum Gasteiger partial charge on any atom is -0.356 e. The first-order chi connectivity index (χ1) is 9.13. The largest absolute Gasteiger partial charge is 0.356 e. The molecule has 1 atom stereocenters. The summed E-state index contributed by atoms with van der Waals surface area (Å²) in [5.41, 5.74) is 7.03. The second-order valence-electron chi connectivity index (χ2n) is 5.28. The summed E-state index contributed by atoms with van der Waals surface area (Å²) < 4.78 is 0. The highest BCUT2D eigenvalue weighted by molar-refractivity contribution is 5.80. The first-order valence-corrected chi connectivity index (χ1v) is 7.09. The highest BCUT2D eigenvalue weighted by Gasteiger charge is 2.17. The van der Waals surface area contributed by atoms with E-state index >= 15 is 0 Å². The lowest BCUT2D eigenvalue weighted by molar-refractivity contribution is -0.130. The van der Waals surface area contributed by atoms with Gasteiger partial charge in [-0.05, 0) is 31.6 Å². The van der Waals surface area contributed by atoms with Gasteiger partial charge in [0.25, 0.3) is 5.91 Å². The van der Waals surface area contributed by atoms with Crippen molar-refractivity contribution in [3.8, 4) is 0 Å². The molecule has 110 valence electrons. The second-order valence-corrected chi connectivity index (χ2v) is 5.28. The predicted molar refractivity (Wildman–Crippen MR) is 71.3 cm³/mol. The van der Waals surface area contributed by atoms with Gasteiger partial charge in [0.1, 0.15) is 0 Å². The summed E-state index contributed by atoms with van der Waals surface area (Å²) in [5.74, 6) is 0.0387. The van der Waals surface area contributed by atoms with E-state index in [0.29, 0.717) is 31.7 Å². The van der Waals surface area contributed by atoms with Crippen LogP contribution in [0.15, 0.2) is 0 Å². The van der Waals surface area contributed by atoms with E-state index in [-0.39, 0.29) is 5.91 Å². The van der Waals surface area contributed by atoms with Crippen molar-refractivity contribution in [3.05, 3.63) is 0 Å². The van der Waals surface area contributed by atoms with Gasteiger partial charge in [-0.1, -0.05) is 19.3 Å². The number of nitrogens with two attached hydrogens (primary N) is 1. The minimum atomic E-state index is -0.722. The van der Waals surface area contributed by atoms with Crippen molar-refractivity contribution < 1.29 is 14.8 Å². The highest BCUT2D eigenvalue weighted by atomic mass is 16.5. The highest BCUT2D eigenvalue weighted by Crippen LogP contribution is 2.25. The van der Waals surface area contributed by atoms with Crippen molar-refractivity contribution in [3.63, 3.8) is 0 Å². The van der Waals surface area contributed by atoms with E-state index in [1.165, 1.54) is 24.7 Å². The van der Waals surface area contributed by atoms with Gasteiger partial charge >= 0.3 is 0 Å². The molecule has 0 aromatic rings. The molecule has 0 spiro atoms. The lowest BCUT2D eigenvalue weighted by Crippen LogP contribution is -2.39. The lowest BCUT2D eigenvalue weighted by atomic mass is 9.87. The van der Waals surface area contributed by atoms with Crippen LogP contribution >= 0.6 is 0 Å². The van der Waals surface area contributed by atoms with Gasteiger partial charge < -0.3 is 11.1 Å². The number of hydrogen-bond acceptors (Lipinski definition) is 4. The van der Waals surface area contributed by atoms with Gasteiger partial charge in [-0.25, -0.2) is 5.48 Å². The van der Waals surface area contributed by atoms with Gasteiger partial charge in [0, 0.05) is 13.0 Å². The summed E-state index contributed by atoms with van der Waals surface area (Å²) in [5, 5.41) is 11.2. The molecule has 5 N–H and O–H groups in total. The van der Waals surface area contributed by atoms with Crippen LogP contribution in [-0.4, -0.2) is 29.6 Å². The molecule has 0 radical (unpaired) electrons. The molecule has 6 nitrogen and oxygen atoms in total. The van der Waals surface area contributed by atoms with E-state index < -0.39 is 11.9 Å². The van der Waals surface area contributed by atoms with Crippen molar-refractivity contribution in [1.29, 1.82) is 0 Å². The Morgan fingerprint density at radius 2 is 1.95 bits per heavy atom. The summed E-state index contributed by atoms with van der Waals surface area (Å²) >= 11 is 0. The SMILES string of the molecule is N[C@@H](CCCNC(=O)CC1CCCCC1)C(=O)NO. The van der Waals surface area contributed by atoms with Crippen molar-refractivity contribution in [2.45, 2.75) is 57.4 Å². The average molecular weight is 271 g/mol. The zero-order valence-electron chi connectivity index (χ0n) is 11.4. The molecule has 1 aliphatic rings. The van der Waals surface area contributed by atoms with E-state index in [9.17, 15) is 9.59 Å². The molecule has 0 aliphatic heterocycles. The molecule has 0 heterocycles. The number of hydroxylamine groups is 1. The summed E-state index contributed by atoms with van der Waals surface area (Å²) in [7, 11) is 0. The number of amides is 2. The number of rotatable bonds is 7. The first-order valence-electron chi connectivity index (χ1n) is 7.09. The minimum absolute atomic E-state index is 0.0899. The van der Waals surface area contributed by atoms with Crippen LogP contribution in [-0.2, 0) is 9.59 Å². The Labute approximate surface area is 114 Å². The van der Waals surface area contributed by atoms with E-state index in [4.69, 9.17) is 10.9 Å². The summed E-state index contributed by atoms with van der Waals surface area (Å²) in [6.45, 7) is 0.526. The fourth-order valence-corrected chi connectivity index (χ4v) is 2.49. The molecule has 1 aliphatic carbocycles. The fourth-order valence-electron chi connectivity index (χ4n) is 2.49. The molecule has 0 unspecified atom stereocenters. The van der Waals surface area contributed by atoms with Gasteiger partial charge in [-0.15, -0.1) is 0 Å². The first kappa shape index (κ1) is 15.9. The molecule has 6 heteroatoms. The Bertz CT molecular complexity index is 291. The van der Waals surface area contributed by atoms with E-state index in [0.717, 1.165) is 12.8 Å². The molecule has 19 heavy (non-hydrogen) atoms. The van der Waals surface area contributed by atoms with Crippen molar-refractivity contribution in [1.82, 2.24) is 10.8 Å². The van der Waals surface area contributed by atoms with Crippen LogP contribution in [0, 0.1) is 5.92 Å². The van der Waals surface area contributed by atoms with Crippen LogP contribution in [0.25, 0.3) is 0 Å². The third-order valence-electron chi connectivity index (χ3n) is 3.66. The van der Waals surface area contributed by atoms with Crippen LogP contribution < -0.4 is 16.5 Å². The van der Waals surface area contributed by atoms with Gasteiger partial charge in [-0.2, -0.15) is 0 Å². The Morgan fingerprint density at radius 3 is 2.58 bits per heavy atom. The zero-order valence-corrected chi connectivity index (χ0v) is 11.4. The molecular weight excluding hydrogens is 246 g/mol. The van der Waals surface area contributed by atoms with Crippen LogP contribution in [0.5, 0.6) is 0 Å². The fraction of sp³-hybridized carbons (Fsp3) is 0.846. The van der Waals surface area contributed by atoms with Crippen molar-refractivity contribution in [2.75, 3.05) is 6.54 Å². The monoisotopic (exact) mass is 271 g/mol. The Kier molecular flexibility index (Phi) is 7.43. The molecule has 1 rings (SSSR count). The molecule has 0 aromatic heterocycles. The van der Waals surface area contributed by atoms with Gasteiger partial charge in [0.05, 0.1) is 6.04 Å². The third-order valence-corrected chi connectivity index (χ3v) is 3.66. The van der Waals surface area contributed by atoms with Crippen molar-refractivity contribution in [2.24, 2.45) is 11.7 Å². The quantitative estimate of drug-likeness (QED) is 0.310. The zero-order chi connectivity index (χ0) is 14.1. The molecule has 1 fully saturated rings. The number of hydrogen-bond donors (Lipinski definition) is 4. The summed E-state index contributed by atoms with van der Waals surface area (Å²) in [6.07, 6.45) is 7.78. The molecular formula is C13H25N3O3. The Balaban J connectivity index is 2.05. The Hall–Kier alpha value is -1.14. The topological polar surface area (TPSA) is 104 Å². The molecule has 0 aromatic carbocycles. The van der Waals surface area contributed by atoms with Gasteiger partial charge in [-0.3, -0.25) is 14.8 Å². The number of carbonyl (C=O) groups excluding carboxylic acids is 2. The third kappa shape index (κ3) is 6.54. The normalized spacial score (nSPS) is 17.8. The smallest absolute Gasteiger partial charge is 0.260 e. The summed E-state index contributed by atoms with van der Waals surface area (Å²) in [4.78, 5) is 22.6. The second kappa shape index (κ2) is 8.87. The van der Waals surface area contributed by atoms with E-state index in [1.54, 1.807) is 0 Å². The lowest BCUT2D eigenvalue weighted by Gasteiger charge is -2.20. The van der Waals surface area contributed by atoms with Crippen LogP contribution in [0.2, 0.25) is 0 Å². The standard InChI is InChI=1S/C13H25N3O3/c14-11(13(18)16-19)7-4-8-15-12(17)9-10-5-2-1-3-6-10/h10-11,19H,1-9,14H2,(H,15,17)(H,16,18)/t11-/m0/s1. The maximum atomic E-state index is 11.7. The van der Waals surface area contributed by atoms with Gasteiger partial charge in [0.15, 0.2) is 0 Å². The number of carbonyl (C=O) groups is 2.